The van der Waals surface area contributed by atoms with Gasteiger partial charge in [-0.2, -0.15) is 39.9 Å². The van der Waals surface area contributed by atoms with Crippen LogP contribution in [0, 0.1) is 0 Å². The predicted octanol–water partition coefficient (Wildman–Crippen LogP) is 11.3. The quantitative estimate of drug-likeness (QED) is 0.0176. The first kappa shape index (κ1) is 111. The molecule has 40 nitrogen and oxygen atoms in total. The van der Waals surface area contributed by atoms with E-state index in [9.17, 15) is 40.9 Å². The second-order valence-electron chi connectivity index (χ2n) is 39.6. The number of aliphatic hydroxyl groups is 8. The van der Waals surface area contributed by atoms with Crippen LogP contribution < -0.4 is 78.4 Å². The highest BCUT2D eigenvalue weighted by molar-refractivity contribution is 5.99. The lowest BCUT2D eigenvalue weighted by atomic mass is 10.1. The number of anilines is 16. The first-order valence-corrected chi connectivity index (χ1v) is 56.0. The molecule has 8 aromatic heterocycles. The molecule has 800 valence electrons. The van der Waals surface area contributed by atoms with E-state index in [2.05, 4.69) is 114 Å². The highest BCUT2D eigenvalue weighted by atomic mass is 16.3. The van der Waals surface area contributed by atoms with Gasteiger partial charge in [-0.3, -0.25) is 0 Å². The van der Waals surface area contributed by atoms with Gasteiger partial charge < -0.3 is 119 Å². The lowest BCUT2D eigenvalue weighted by Gasteiger charge is -2.33. The summed E-state index contributed by atoms with van der Waals surface area (Å²) in [6.07, 6.45) is 36.7. The van der Waals surface area contributed by atoms with Crippen LogP contribution in [0.2, 0.25) is 0 Å². The molecular formula is C104H176N32O8. The summed E-state index contributed by atoms with van der Waals surface area (Å²) in [5.74, 6) is 12.2. The molecule has 8 N–H and O–H groups in total. The van der Waals surface area contributed by atoms with Gasteiger partial charge in [-0.05, 0) is 205 Å². The van der Waals surface area contributed by atoms with Gasteiger partial charge in [0.25, 0.3) is 0 Å². The predicted molar refractivity (Wildman–Crippen MR) is 586 cm³/mol. The second kappa shape index (κ2) is 59.2. The Labute approximate surface area is 856 Å². The van der Waals surface area contributed by atoms with Crippen molar-refractivity contribution >= 4 is 138 Å². The largest absolute Gasteiger partial charge is 0.395 e. The zero-order valence-electron chi connectivity index (χ0n) is 88.8. The van der Waals surface area contributed by atoms with Crippen molar-refractivity contribution in [1.29, 1.82) is 0 Å². The minimum atomic E-state index is -0.0772. The highest BCUT2D eigenvalue weighted by Gasteiger charge is 2.35. The standard InChI is InChI=1S/2C28H48N8.2C24H40N8O4/c2*1-5-15-35(16-6-2)27-29-23-24(25(31-27)33-19-11-9-12-20-33)30-28(36(17-7-3)18-8-4)32-26(23)34-21-13-10-14-22-34;2*33-15-11-31(12-16-34)23-26-20-19(21(27-23)29-7-3-1-4-8-29)25-24(32(13-17-35)14-18-36)28-22(20)30-9-5-2-6-10-30/h2*5-22H2,1-4H3;2*33-36H,1-18H2. The van der Waals surface area contributed by atoms with Crippen LogP contribution in [0.5, 0.6) is 0 Å². The molecule has 0 aromatic carbocycles. The van der Waals surface area contributed by atoms with Gasteiger partial charge in [-0.1, -0.05) is 55.4 Å². The maximum atomic E-state index is 9.64. The van der Waals surface area contributed by atoms with Crippen molar-refractivity contribution in [3.63, 3.8) is 0 Å². The van der Waals surface area contributed by atoms with Crippen molar-refractivity contribution < 1.29 is 40.9 Å². The number of piperidine rings is 8. The molecular weight excluding hydrogens is 1830 g/mol. The molecule has 8 fully saturated rings. The normalized spacial score (nSPS) is 16.6. The van der Waals surface area contributed by atoms with E-state index in [-0.39, 0.29) is 52.9 Å². The lowest BCUT2D eigenvalue weighted by molar-refractivity contribution is 0.279. The van der Waals surface area contributed by atoms with E-state index in [4.69, 9.17) is 79.7 Å². The van der Waals surface area contributed by atoms with Crippen molar-refractivity contribution in [2.45, 2.75) is 261 Å². The Bertz CT molecular complexity index is 4110. The van der Waals surface area contributed by atoms with Crippen molar-refractivity contribution in [1.82, 2.24) is 79.7 Å². The fourth-order valence-corrected chi connectivity index (χ4v) is 21.2. The van der Waals surface area contributed by atoms with Gasteiger partial charge in [-0.25, -0.2) is 39.9 Å². The molecule has 0 amide bonds. The maximum absolute atomic E-state index is 9.64. The van der Waals surface area contributed by atoms with Crippen LogP contribution >= 0.6 is 0 Å². The molecule has 0 atom stereocenters. The summed E-state index contributed by atoms with van der Waals surface area (Å²) in [6, 6.07) is 0. The Hall–Kier alpha value is -9.84. The average Bonchev–Trinajstić information content (AvgIpc) is 0.766. The van der Waals surface area contributed by atoms with Crippen LogP contribution in [0.3, 0.4) is 0 Å². The summed E-state index contributed by atoms with van der Waals surface area (Å²) < 4.78 is 0. The van der Waals surface area contributed by atoms with Crippen LogP contribution in [0.15, 0.2) is 0 Å². The van der Waals surface area contributed by atoms with Gasteiger partial charge in [0.15, 0.2) is 46.5 Å². The Kier molecular flexibility index (Phi) is 45.8. The molecule has 8 saturated heterocycles. The third-order valence-electron chi connectivity index (χ3n) is 28.3. The summed E-state index contributed by atoms with van der Waals surface area (Å²) in [5, 5.41) is 77.2. The molecule has 0 unspecified atom stereocenters. The zero-order valence-corrected chi connectivity index (χ0v) is 88.8. The van der Waals surface area contributed by atoms with Crippen LogP contribution in [-0.4, -0.2) is 383 Å². The molecule has 144 heavy (non-hydrogen) atoms. The number of hydrogen-bond acceptors (Lipinski definition) is 40. The molecule has 0 saturated carbocycles. The van der Waals surface area contributed by atoms with Crippen molar-refractivity contribution in [2.24, 2.45) is 0 Å². The van der Waals surface area contributed by atoms with Crippen molar-refractivity contribution in [3.05, 3.63) is 0 Å². The summed E-state index contributed by atoms with van der Waals surface area (Å²) in [4.78, 5) is 117. The van der Waals surface area contributed by atoms with Gasteiger partial charge in [-0.15, -0.1) is 0 Å². The molecule has 40 heteroatoms. The Morgan fingerprint density at radius 2 is 0.243 bits per heavy atom. The van der Waals surface area contributed by atoms with Gasteiger partial charge in [0.1, 0.15) is 44.1 Å². The van der Waals surface area contributed by atoms with Crippen LogP contribution in [0.4, 0.5) is 94.1 Å². The van der Waals surface area contributed by atoms with Gasteiger partial charge in [0.05, 0.1) is 52.9 Å². The van der Waals surface area contributed by atoms with Gasteiger partial charge in [0, 0.05) is 209 Å². The molecule has 8 aromatic rings. The monoisotopic (exact) mass is 2000 g/mol. The van der Waals surface area contributed by atoms with Crippen molar-refractivity contribution in [3.8, 4) is 0 Å². The molecule has 0 bridgehead atoms. The minimum absolute atomic E-state index is 0.0772. The lowest BCUT2D eigenvalue weighted by Crippen LogP contribution is -2.36. The van der Waals surface area contributed by atoms with E-state index >= 15 is 0 Å². The topological polar surface area (TPSA) is 420 Å². The third-order valence-corrected chi connectivity index (χ3v) is 28.3. The fourth-order valence-electron chi connectivity index (χ4n) is 21.2. The number of nitrogens with zero attached hydrogens (tertiary/aromatic N) is 32. The van der Waals surface area contributed by atoms with E-state index in [1.54, 1.807) is 19.6 Å². The van der Waals surface area contributed by atoms with E-state index in [0.29, 0.717) is 98.2 Å². The minimum Gasteiger partial charge on any atom is -0.395 e. The molecule has 0 aliphatic carbocycles. The second-order valence-corrected chi connectivity index (χ2v) is 39.6. The smallest absolute Gasteiger partial charge is 0.228 e. The number of fused-ring (bicyclic) bond motifs is 4. The Balaban J connectivity index is 0.000000161. The van der Waals surface area contributed by atoms with E-state index < -0.39 is 0 Å². The first-order chi connectivity index (χ1) is 70.8. The summed E-state index contributed by atoms with van der Waals surface area (Å²) in [7, 11) is 0. The van der Waals surface area contributed by atoms with Gasteiger partial charge >= 0.3 is 0 Å². The number of rotatable bonds is 48. The summed E-state index contributed by atoms with van der Waals surface area (Å²) in [6.45, 7) is 42.7. The Morgan fingerprint density at radius 1 is 0.146 bits per heavy atom. The zero-order chi connectivity index (χ0) is 101. The molecule has 8 aliphatic heterocycles. The van der Waals surface area contributed by atoms with Crippen LogP contribution in [0.1, 0.15) is 261 Å². The van der Waals surface area contributed by atoms with Crippen LogP contribution in [0.25, 0.3) is 44.1 Å². The SMILES string of the molecule is CCCN(CCC)c1nc(N2CCCCC2)c2nc(N(CCC)CCC)nc(N3CCCCC3)c2n1.CCCN(CCC)c1nc(N2CCCCC2)c2nc(N(CCC)CCC)nc(N3CCCCC3)c2n1.OCCN(CCO)c1nc(N2CCCCC2)c2nc(N(CCO)CCO)nc(N3CCCCC3)c2n1.OCCN(CCO)c1nc(N2CCCCC2)c2nc(N(CCO)CCO)nc(N3CCCCC3)c2n1. The number of hydrogen-bond donors (Lipinski definition) is 8. The molecule has 8 aliphatic rings. The van der Waals surface area contributed by atoms with E-state index in [0.717, 1.165) is 352 Å². The highest BCUT2D eigenvalue weighted by Crippen LogP contribution is 2.42. The van der Waals surface area contributed by atoms with E-state index in [1.807, 2.05) is 0 Å². The van der Waals surface area contributed by atoms with Gasteiger partial charge in [0.2, 0.25) is 47.6 Å². The Morgan fingerprint density at radius 3 is 0.333 bits per heavy atom. The fraction of sp³-hybridized carbons (Fsp3) is 0.769. The average molecular weight is 2000 g/mol. The maximum Gasteiger partial charge on any atom is 0.228 e. The molecule has 16 rings (SSSR count). The number of aliphatic hydroxyl groups excluding tert-OH is 8. The summed E-state index contributed by atoms with van der Waals surface area (Å²) >= 11 is 0. The first-order valence-electron chi connectivity index (χ1n) is 56.0. The van der Waals surface area contributed by atoms with Crippen molar-refractivity contribution in [2.75, 3.05) is 341 Å². The number of aromatic nitrogens is 16. The summed E-state index contributed by atoms with van der Waals surface area (Å²) in [5.41, 5.74) is 6.38. The van der Waals surface area contributed by atoms with Crippen LogP contribution in [-0.2, 0) is 0 Å². The van der Waals surface area contributed by atoms with E-state index in [1.165, 1.54) is 103 Å². The molecule has 0 radical (unpaired) electrons. The third kappa shape index (κ3) is 29.4. The molecule has 0 spiro atoms. The molecule has 16 heterocycles.